The number of hydrogen-bond donors (Lipinski definition) is 2. The summed E-state index contributed by atoms with van der Waals surface area (Å²) >= 11 is 0. The number of amides is 1. The van der Waals surface area contributed by atoms with Gasteiger partial charge in [0.1, 0.15) is 0 Å². The highest BCUT2D eigenvalue weighted by Gasteiger charge is 2.05. The van der Waals surface area contributed by atoms with Gasteiger partial charge in [-0.25, -0.2) is 0 Å². The van der Waals surface area contributed by atoms with Crippen LogP contribution >= 0.6 is 0 Å². The molecule has 3 heteroatoms. The van der Waals surface area contributed by atoms with Crippen LogP contribution in [0.15, 0.2) is 48.5 Å². The third kappa shape index (κ3) is 5.24. The molecule has 2 N–H and O–H groups in total. The second-order valence-electron chi connectivity index (χ2n) is 6.07. The van der Waals surface area contributed by atoms with Crippen LogP contribution in [0.1, 0.15) is 31.4 Å². The zero-order valence-corrected chi connectivity index (χ0v) is 13.5. The summed E-state index contributed by atoms with van der Waals surface area (Å²) in [6.45, 7) is 6.97. The van der Waals surface area contributed by atoms with E-state index in [1.165, 1.54) is 11.1 Å². The van der Waals surface area contributed by atoms with E-state index < -0.39 is 0 Å². The maximum absolute atomic E-state index is 11.7. The quantitative estimate of drug-likeness (QED) is 0.818. The summed E-state index contributed by atoms with van der Waals surface area (Å²) in [4.78, 5) is 11.7. The highest BCUT2D eigenvalue weighted by molar-refractivity contribution is 5.90. The van der Waals surface area contributed by atoms with Crippen molar-refractivity contribution in [2.24, 2.45) is 5.92 Å². The highest BCUT2D eigenvalue weighted by atomic mass is 16.1. The Labute approximate surface area is 132 Å². The summed E-state index contributed by atoms with van der Waals surface area (Å²) in [5.41, 5.74) is 4.41. The molecule has 0 atom stereocenters. The molecule has 2 aromatic rings. The molecule has 0 spiro atoms. The van der Waals surface area contributed by atoms with Gasteiger partial charge in [-0.05, 0) is 42.7 Å². The van der Waals surface area contributed by atoms with Crippen molar-refractivity contribution in [3.8, 4) is 0 Å². The Kier molecular flexibility index (Phi) is 5.59. The lowest BCUT2D eigenvalue weighted by molar-refractivity contribution is -0.116. The molecule has 2 aromatic carbocycles. The first-order valence-electron chi connectivity index (χ1n) is 7.72. The Hall–Kier alpha value is -2.29. The van der Waals surface area contributed by atoms with E-state index in [4.69, 9.17) is 0 Å². The number of anilines is 2. The van der Waals surface area contributed by atoms with Crippen LogP contribution in [0.4, 0.5) is 11.4 Å². The molecule has 3 nitrogen and oxygen atoms in total. The summed E-state index contributed by atoms with van der Waals surface area (Å²) in [6, 6.07) is 16.3. The van der Waals surface area contributed by atoms with Gasteiger partial charge < -0.3 is 10.6 Å². The SMILES string of the molecule is Cc1cccc(CNc2ccc(NC(=O)CC(C)C)cc2)c1. The molecule has 0 fully saturated rings. The predicted molar refractivity (Wildman–Crippen MR) is 93.0 cm³/mol. The third-order valence-corrected chi connectivity index (χ3v) is 3.34. The van der Waals surface area contributed by atoms with Crippen molar-refractivity contribution < 1.29 is 4.79 Å². The van der Waals surface area contributed by atoms with Crippen molar-refractivity contribution in [2.45, 2.75) is 33.7 Å². The molecule has 0 bridgehead atoms. The molecule has 0 aromatic heterocycles. The number of aryl methyl sites for hydroxylation is 1. The van der Waals surface area contributed by atoms with Crippen LogP contribution in [-0.2, 0) is 11.3 Å². The van der Waals surface area contributed by atoms with E-state index in [-0.39, 0.29) is 5.91 Å². The number of hydrogen-bond acceptors (Lipinski definition) is 2. The zero-order chi connectivity index (χ0) is 15.9. The molecule has 0 saturated carbocycles. The first-order valence-corrected chi connectivity index (χ1v) is 7.72. The van der Waals surface area contributed by atoms with E-state index in [1.807, 2.05) is 38.1 Å². The first kappa shape index (κ1) is 16.1. The van der Waals surface area contributed by atoms with Crippen molar-refractivity contribution in [3.63, 3.8) is 0 Å². The minimum Gasteiger partial charge on any atom is -0.381 e. The Morgan fingerprint density at radius 3 is 2.36 bits per heavy atom. The van der Waals surface area contributed by atoms with Crippen LogP contribution in [-0.4, -0.2) is 5.91 Å². The molecule has 116 valence electrons. The van der Waals surface area contributed by atoms with E-state index in [9.17, 15) is 4.79 Å². The van der Waals surface area contributed by atoms with Crippen LogP contribution < -0.4 is 10.6 Å². The van der Waals surface area contributed by atoms with Gasteiger partial charge in [0.2, 0.25) is 5.91 Å². The molecule has 0 radical (unpaired) electrons. The largest absolute Gasteiger partial charge is 0.381 e. The molecule has 0 heterocycles. The third-order valence-electron chi connectivity index (χ3n) is 3.34. The number of carbonyl (C=O) groups is 1. The van der Waals surface area contributed by atoms with Crippen LogP contribution in [0, 0.1) is 12.8 Å². The normalized spacial score (nSPS) is 10.5. The van der Waals surface area contributed by atoms with Crippen molar-refractivity contribution in [2.75, 3.05) is 10.6 Å². The first-order chi connectivity index (χ1) is 10.5. The van der Waals surface area contributed by atoms with Crippen molar-refractivity contribution in [1.29, 1.82) is 0 Å². The fourth-order valence-corrected chi connectivity index (χ4v) is 2.28. The Bertz CT molecular complexity index is 618. The lowest BCUT2D eigenvalue weighted by Gasteiger charge is -2.10. The number of benzene rings is 2. The number of carbonyl (C=O) groups excluding carboxylic acids is 1. The molecule has 0 unspecified atom stereocenters. The molecular weight excluding hydrogens is 272 g/mol. The van der Waals surface area contributed by atoms with Crippen molar-refractivity contribution >= 4 is 17.3 Å². The molecule has 2 rings (SSSR count). The molecule has 22 heavy (non-hydrogen) atoms. The van der Waals surface area contributed by atoms with Gasteiger partial charge in [0.15, 0.2) is 0 Å². The Morgan fingerprint density at radius 2 is 1.73 bits per heavy atom. The second kappa shape index (κ2) is 7.64. The molecular formula is C19H24N2O. The fourth-order valence-electron chi connectivity index (χ4n) is 2.28. The average Bonchev–Trinajstić information content (AvgIpc) is 2.46. The predicted octanol–water partition coefficient (Wildman–Crippen LogP) is 4.59. The standard InChI is InChI=1S/C19H24N2O/c1-14(2)11-19(22)21-18-9-7-17(8-10-18)20-13-16-6-4-5-15(3)12-16/h4-10,12,14,20H,11,13H2,1-3H3,(H,21,22). The lowest BCUT2D eigenvalue weighted by atomic mass is 10.1. The van der Waals surface area contributed by atoms with Crippen LogP contribution in [0.3, 0.4) is 0 Å². The summed E-state index contributed by atoms with van der Waals surface area (Å²) < 4.78 is 0. The summed E-state index contributed by atoms with van der Waals surface area (Å²) in [5.74, 6) is 0.436. The molecule has 1 amide bonds. The van der Waals surface area contributed by atoms with Gasteiger partial charge >= 0.3 is 0 Å². The molecule has 0 aliphatic heterocycles. The van der Waals surface area contributed by atoms with E-state index in [0.717, 1.165) is 17.9 Å². The van der Waals surface area contributed by atoms with Gasteiger partial charge in [-0.1, -0.05) is 43.7 Å². The maximum Gasteiger partial charge on any atom is 0.224 e. The van der Waals surface area contributed by atoms with Crippen LogP contribution in [0.25, 0.3) is 0 Å². The number of rotatable bonds is 6. The number of nitrogens with one attached hydrogen (secondary N) is 2. The Morgan fingerprint density at radius 1 is 1.05 bits per heavy atom. The fraction of sp³-hybridized carbons (Fsp3) is 0.316. The van der Waals surface area contributed by atoms with Gasteiger partial charge in [-0.3, -0.25) is 4.79 Å². The monoisotopic (exact) mass is 296 g/mol. The topological polar surface area (TPSA) is 41.1 Å². The van der Waals surface area contributed by atoms with Crippen molar-refractivity contribution in [3.05, 3.63) is 59.7 Å². The minimum absolute atomic E-state index is 0.0652. The summed E-state index contributed by atoms with van der Waals surface area (Å²) in [7, 11) is 0. The second-order valence-corrected chi connectivity index (χ2v) is 6.07. The van der Waals surface area contributed by atoms with E-state index in [0.29, 0.717) is 12.3 Å². The summed E-state index contributed by atoms with van der Waals surface area (Å²) in [6.07, 6.45) is 0.549. The van der Waals surface area contributed by atoms with Crippen LogP contribution in [0.2, 0.25) is 0 Å². The Balaban J connectivity index is 1.88. The molecule has 0 saturated heterocycles. The lowest BCUT2D eigenvalue weighted by Crippen LogP contribution is -2.13. The maximum atomic E-state index is 11.7. The van der Waals surface area contributed by atoms with E-state index in [1.54, 1.807) is 0 Å². The van der Waals surface area contributed by atoms with E-state index in [2.05, 4.69) is 41.8 Å². The summed E-state index contributed by atoms with van der Waals surface area (Å²) in [5, 5.41) is 6.30. The molecule has 0 aliphatic carbocycles. The zero-order valence-electron chi connectivity index (χ0n) is 13.5. The van der Waals surface area contributed by atoms with Gasteiger partial charge in [0, 0.05) is 24.3 Å². The van der Waals surface area contributed by atoms with Gasteiger partial charge in [-0.15, -0.1) is 0 Å². The molecule has 0 aliphatic rings. The average molecular weight is 296 g/mol. The highest BCUT2D eigenvalue weighted by Crippen LogP contribution is 2.15. The van der Waals surface area contributed by atoms with E-state index >= 15 is 0 Å². The minimum atomic E-state index is 0.0652. The van der Waals surface area contributed by atoms with Gasteiger partial charge in [0.25, 0.3) is 0 Å². The smallest absolute Gasteiger partial charge is 0.224 e. The van der Waals surface area contributed by atoms with Gasteiger partial charge in [-0.2, -0.15) is 0 Å². The van der Waals surface area contributed by atoms with Gasteiger partial charge in [0.05, 0.1) is 0 Å². The van der Waals surface area contributed by atoms with Crippen molar-refractivity contribution in [1.82, 2.24) is 0 Å². The van der Waals surface area contributed by atoms with Crippen LogP contribution in [0.5, 0.6) is 0 Å².